The molecule has 0 aliphatic carbocycles. The van der Waals surface area contributed by atoms with Gasteiger partial charge in [0, 0.05) is 24.8 Å². The van der Waals surface area contributed by atoms with E-state index in [0.29, 0.717) is 23.1 Å². The van der Waals surface area contributed by atoms with E-state index in [-0.39, 0.29) is 28.6 Å². The van der Waals surface area contributed by atoms with Crippen molar-refractivity contribution < 1.29 is 53.8 Å². The summed E-state index contributed by atoms with van der Waals surface area (Å²) in [6.45, 7) is -1.53. The fourth-order valence-electron chi connectivity index (χ4n) is 3.77. The minimum absolute atomic E-state index is 0.0239. The van der Waals surface area contributed by atoms with Crippen molar-refractivity contribution in [1.82, 2.24) is 9.88 Å². The van der Waals surface area contributed by atoms with Crippen molar-refractivity contribution in [1.29, 1.82) is 0 Å². The molecule has 0 N–H and O–H groups in total. The van der Waals surface area contributed by atoms with Crippen LogP contribution >= 0.6 is 0 Å². The summed E-state index contributed by atoms with van der Waals surface area (Å²) in [5.74, 6) is 0.0239. The van der Waals surface area contributed by atoms with Crippen molar-refractivity contribution >= 4 is 6.09 Å². The molecule has 210 valence electrons. The lowest BCUT2D eigenvalue weighted by molar-refractivity contribution is -0.143. The minimum atomic E-state index is -5.14. The summed E-state index contributed by atoms with van der Waals surface area (Å²) in [6, 6.07) is 6.29. The fraction of sp³-hybridized carbons (Fsp3) is 0.280. The van der Waals surface area contributed by atoms with Crippen LogP contribution in [-0.2, 0) is 36.4 Å². The molecule has 0 atom stereocenters. The Hall–Kier alpha value is -3.97. The number of methoxy groups -OCH3 is 2. The number of pyridine rings is 1. The van der Waals surface area contributed by atoms with Gasteiger partial charge in [0.15, 0.2) is 0 Å². The molecule has 0 saturated carbocycles. The highest BCUT2D eigenvalue weighted by Gasteiger charge is 2.37. The van der Waals surface area contributed by atoms with Gasteiger partial charge < -0.3 is 9.47 Å². The third-order valence-corrected chi connectivity index (χ3v) is 5.50. The van der Waals surface area contributed by atoms with Gasteiger partial charge in [-0.3, -0.25) is 4.90 Å². The van der Waals surface area contributed by atoms with E-state index in [1.54, 1.807) is 0 Å². The predicted molar refractivity (Wildman–Crippen MR) is 119 cm³/mol. The first-order chi connectivity index (χ1) is 18.0. The number of carbonyl (C=O) groups is 1. The minimum Gasteiger partial charge on any atom is -0.481 e. The van der Waals surface area contributed by atoms with Crippen molar-refractivity contribution in [2.24, 2.45) is 0 Å². The molecular formula is C25H19F9N2O3. The van der Waals surface area contributed by atoms with E-state index < -0.39 is 60.0 Å². The highest BCUT2D eigenvalue weighted by atomic mass is 19.4. The second kappa shape index (κ2) is 11.0. The van der Waals surface area contributed by atoms with Crippen LogP contribution in [0.5, 0.6) is 5.88 Å². The Balaban J connectivity index is 2.14. The van der Waals surface area contributed by atoms with Gasteiger partial charge in [0.25, 0.3) is 0 Å². The van der Waals surface area contributed by atoms with Crippen LogP contribution in [-0.4, -0.2) is 30.2 Å². The molecule has 39 heavy (non-hydrogen) atoms. The molecule has 0 fully saturated rings. The molecule has 0 radical (unpaired) electrons. The molecule has 14 heteroatoms. The number of halogens is 9. The van der Waals surface area contributed by atoms with Gasteiger partial charge in [-0.25, -0.2) is 9.78 Å². The number of amides is 1. The molecule has 3 rings (SSSR count). The highest BCUT2D eigenvalue weighted by molar-refractivity contribution is 5.73. The van der Waals surface area contributed by atoms with Crippen LogP contribution in [0.2, 0.25) is 0 Å². The van der Waals surface area contributed by atoms with Crippen molar-refractivity contribution in [3.63, 3.8) is 0 Å². The van der Waals surface area contributed by atoms with Gasteiger partial charge in [-0.1, -0.05) is 6.07 Å². The SMILES string of the molecule is COC(=O)N(Cc1cc(C(F)(F)F)cc(C(F)(F)F)c1)Cc1cc(C(F)(F)F)ccc1-c1cccnc1OC. The van der Waals surface area contributed by atoms with E-state index in [9.17, 15) is 44.3 Å². The molecule has 0 bridgehead atoms. The molecule has 0 aliphatic rings. The molecule has 3 aromatic rings. The lowest BCUT2D eigenvalue weighted by Crippen LogP contribution is -2.30. The fourth-order valence-corrected chi connectivity index (χ4v) is 3.77. The summed E-state index contributed by atoms with van der Waals surface area (Å²) < 4.78 is 130. The van der Waals surface area contributed by atoms with E-state index in [1.165, 1.54) is 25.4 Å². The maximum absolute atomic E-state index is 13.5. The van der Waals surface area contributed by atoms with E-state index >= 15 is 0 Å². The quantitative estimate of drug-likeness (QED) is 0.289. The second-order valence-corrected chi connectivity index (χ2v) is 8.17. The Morgan fingerprint density at radius 3 is 1.87 bits per heavy atom. The van der Waals surface area contributed by atoms with Crippen LogP contribution in [0.4, 0.5) is 44.3 Å². The summed E-state index contributed by atoms with van der Waals surface area (Å²) in [6.07, 6.45) is -14.9. The standard InChI is InChI=1S/C25H19F9N2O3/c1-38-21-20(4-3-7-35-21)19-6-5-16(23(26,27)28)10-15(19)13-36(22(37)39-2)12-14-8-17(24(29,30)31)11-18(9-14)25(32,33)34/h3-11H,12-13H2,1-2H3. The van der Waals surface area contributed by atoms with Gasteiger partial charge in [-0.05, 0) is 59.2 Å². The molecule has 1 amide bonds. The molecule has 5 nitrogen and oxygen atoms in total. The molecule has 1 heterocycles. The number of ether oxygens (including phenoxy) is 2. The summed E-state index contributed by atoms with van der Waals surface area (Å²) in [5.41, 5.74) is -4.70. The first-order valence-electron chi connectivity index (χ1n) is 10.9. The third kappa shape index (κ3) is 7.12. The number of rotatable bonds is 6. The maximum Gasteiger partial charge on any atom is 0.416 e. The molecule has 0 spiro atoms. The van der Waals surface area contributed by atoms with Crippen molar-refractivity contribution in [3.8, 4) is 17.0 Å². The van der Waals surface area contributed by atoms with E-state index in [1.807, 2.05) is 0 Å². The average Bonchev–Trinajstić information content (AvgIpc) is 2.86. The summed E-state index contributed by atoms with van der Waals surface area (Å²) in [5, 5.41) is 0. The second-order valence-electron chi connectivity index (χ2n) is 8.17. The van der Waals surface area contributed by atoms with Gasteiger partial charge in [-0.15, -0.1) is 0 Å². The summed E-state index contributed by atoms with van der Waals surface area (Å²) in [7, 11) is 2.17. The third-order valence-electron chi connectivity index (χ3n) is 5.50. The Kier molecular flexibility index (Phi) is 8.36. The average molecular weight is 566 g/mol. The first kappa shape index (κ1) is 29.6. The number of carbonyl (C=O) groups excluding carboxylic acids is 1. The highest BCUT2D eigenvalue weighted by Crippen LogP contribution is 2.38. The number of benzene rings is 2. The van der Waals surface area contributed by atoms with Crippen LogP contribution < -0.4 is 4.74 Å². The van der Waals surface area contributed by atoms with Gasteiger partial charge >= 0.3 is 24.6 Å². The van der Waals surface area contributed by atoms with Gasteiger partial charge in [0.1, 0.15) is 0 Å². The topological polar surface area (TPSA) is 51.7 Å². The Morgan fingerprint density at radius 2 is 1.36 bits per heavy atom. The lowest BCUT2D eigenvalue weighted by atomic mass is 9.97. The predicted octanol–water partition coefficient (Wildman–Crippen LogP) is 7.58. The largest absolute Gasteiger partial charge is 0.481 e. The van der Waals surface area contributed by atoms with Gasteiger partial charge in [0.05, 0.1) is 30.9 Å². The molecule has 0 saturated heterocycles. The van der Waals surface area contributed by atoms with Crippen molar-refractivity contribution in [2.75, 3.05) is 14.2 Å². The van der Waals surface area contributed by atoms with Crippen LogP contribution in [0.3, 0.4) is 0 Å². The Morgan fingerprint density at radius 1 is 0.769 bits per heavy atom. The monoisotopic (exact) mass is 566 g/mol. The number of nitrogens with zero attached hydrogens (tertiary/aromatic N) is 2. The lowest BCUT2D eigenvalue weighted by Gasteiger charge is -2.25. The van der Waals surface area contributed by atoms with Crippen molar-refractivity contribution in [3.05, 3.63) is 82.5 Å². The van der Waals surface area contributed by atoms with Crippen LogP contribution in [0.1, 0.15) is 27.8 Å². The number of hydrogen-bond acceptors (Lipinski definition) is 4. The molecular weight excluding hydrogens is 547 g/mol. The summed E-state index contributed by atoms with van der Waals surface area (Å²) in [4.78, 5) is 17.2. The van der Waals surface area contributed by atoms with Crippen LogP contribution in [0, 0.1) is 0 Å². The smallest absolute Gasteiger partial charge is 0.416 e. The zero-order valence-corrected chi connectivity index (χ0v) is 20.1. The Labute approximate surface area is 215 Å². The number of alkyl halides is 9. The molecule has 0 aliphatic heterocycles. The number of hydrogen-bond donors (Lipinski definition) is 0. The Bertz CT molecular complexity index is 1300. The maximum atomic E-state index is 13.5. The van der Waals surface area contributed by atoms with Crippen LogP contribution in [0.25, 0.3) is 11.1 Å². The summed E-state index contributed by atoms with van der Waals surface area (Å²) >= 11 is 0. The molecule has 0 unspecified atom stereocenters. The molecule has 2 aromatic carbocycles. The zero-order valence-electron chi connectivity index (χ0n) is 20.1. The van der Waals surface area contributed by atoms with Gasteiger partial charge in [0.2, 0.25) is 5.88 Å². The van der Waals surface area contributed by atoms with Crippen molar-refractivity contribution in [2.45, 2.75) is 31.6 Å². The van der Waals surface area contributed by atoms with Crippen LogP contribution in [0.15, 0.2) is 54.7 Å². The van der Waals surface area contributed by atoms with E-state index in [2.05, 4.69) is 9.72 Å². The number of aromatic nitrogens is 1. The first-order valence-corrected chi connectivity index (χ1v) is 10.9. The normalized spacial score (nSPS) is 12.3. The van der Waals surface area contributed by atoms with Gasteiger partial charge in [-0.2, -0.15) is 39.5 Å². The van der Waals surface area contributed by atoms with E-state index in [0.717, 1.165) is 19.2 Å². The molecule has 1 aromatic heterocycles. The van der Waals surface area contributed by atoms with E-state index in [4.69, 9.17) is 4.74 Å². The zero-order chi connectivity index (χ0) is 29.2.